The van der Waals surface area contributed by atoms with Crippen LogP contribution in [0.3, 0.4) is 0 Å². The van der Waals surface area contributed by atoms with Gasteiger partial charge >= 0.3 is 11.8 Å². The maximum Gasteiger partial charge on any atom is 0.313 e. The highest BCUT2D eigenvalue weighted by atomic mass is 19.2. The van der Waals surface area contributed by atoms with Gasteiger partial charge in [-0.25, -0.2) is 22.0 Å². The summed E-state index contributed by atoms with van der Waals surface area (Å²) in [6, 6.07) is 0. The van der Waals surface area contributed by atoms with Gasteiger partial charge in [0.2, 0.25) is 5.82 Å². The zero-order valence-electron chi connectivity index (χ0n) is 9.70. The Bertz CT molecular complexity index is 560. The van der Waals surface area contributed by atoms with Gasteiger partial charge in [-0.15, -0.1) is 6.58 Å². The number of anilines is 1. The van der Waals surface area contributed by atoms with Gasteiger partial charge in [0.05, 0.1) is 0 Å². The van der Waals surface area contributed by atoms with Gasteiger partial charge < -0.3 is 10.6 Å². The molecule has 0 unspecified atom stereocenters. The smallest absolute Gasteiger partial charge is 0.313 e. The van der Waals surface area contributed by atoms with Crippen LogP contribution in [-0.2, 0) is 9.59 Å². The number of halogens is 5. The van der Waals surface area contributed by atoms with E-state index in [4.69, 9.17) is 0 Å². The number of benzene rings is 1. The van der Waals surface area contributed by atoms with Crippen molar-refractivity contribution >= 4 is 17.5 Å². The molecule has 0 aromatic heterocycles. The molecule has 0 spiro atoms. The molecule has 2 N–H and O–H groups in total. The van der Waals surface area contributed by atoms with Crippen LogP contribution >= 0.6 is 0 Å². The number of carbonyl (C=O) groups is 2. The largest absolute Gasteiger partial charge is 0.344 e. The minimum absolute atomic E-state index is 0.122. The topological polar surface area (TPSA) is 58.2 Å². The predicted molar refractivity (Wildman–Crippen MR) is 58.1 cm³/mol. The van der Waals surface area contributed by atoms with E-state index >= 15 is 0 Å². The predicted octanol–water partition coefficient (Wildman–Crippen LogP) is 1.62. The first-order valence-electron chi connectivity index (χ1n) is 5.02. The van der Waals surface area contributed by atoms with Crippen molar-refractivity contribution in [1.29, 1.82) is 0 Å². The standard InChI is InChI=1S/C11H7F5N2O2/c1-2-3-17-10(19)11(20)18-9-7(15)5(13)4(12)6(14)8(9)16/h2H,1,3H2,(H,17,19)(H,18,20). The highest BCUT2D eigenvalue weighted by molar-refractivity contribution is 6.39. The molecule has 1 aromatic rings. The van der Waals surface area contributed by atoms with Crippen LogP contribution in [-0.4, -0.2) is 18.4 Å². The molecule has 0 aliphatic rings. The van der Waals surface area contributed by atoms with E-state index in [9.17, 15) is 31.5 Å². The lowest BCUT2D eigenvalue weighted by atomic mass is 10.2. The lowest BCUT2D eigenvalue weighted by molar-refractivity contribution is -0.136. The average Bonchev–Trinajstić information content (AvgIpc) is 2.44. The Hall–Kier alpha value is -2.45. The van der Waals surface area contributed by atoms with Gasteiger partial charge in [0, 0.05) is 6.54 Å². The summed E-state index contributed by atoms with van der Waals surface area (Å²) in [4.78, 5) is 22.3. The Morgan fingerprint density at radius 2 is 1.35 bits per heavy atom. The second-order valence-corrected chi connectivity index (χ2v) is 3.40. The number of carbonyl (C=O) groups excluding carboxylic acids is 2. The maximum atomic E-state index is 13.2. The van der Waals surface area contributed by atoms with Crippen molar-refractivity contribution in [1.82, 2.24) is 5.32 Å². The zero-order valence-corrected chi connectivity index (χ0v) is 9.70. The van der Waals surface area contributed by atoms with Gasteiger partial charge in [0.15, 0.2) is 23.3 Å². The quantitative estimate of drug-likeness (QED) is 0.293. The van der Waals surface area contributed by atoms with E-state index in [2.05, 4.69) is 6.58 Å². The number of hydrogen-bond donors (Lipinski definition) is 2. The molecule has 4 nitrogen and oxygen atoms in total. The Morgan fingerprint density at radius 1 is 0.900 bits per heavy atom. The molecule has 0 saturated heterocycles. The van der Waals surface area contributed by atoms with E-state index in [1.807, 2.05) is 5.32 Å². The molecule has 0 aliphatic heterocycles. The van der Waals surface area contributed by atoms with E-state index in [0.717, 1.165) is 0 Å². The van der Waals surface area contributed by atoms with Crippen molar-refractivity contribution in [2.45, 2.75) is 0 Å². The fraction of sp³-hybridized carbons (Fsp3) is 0.0909. The number of amides is 2. The van der Waals surface area contributed by atoms with Gasteiger partial charge in [0.25, 0.3) is 0 Å². The summed E-state index contributed by atoms with van der Waals surface area (Å²) in [6.07, 6.45) is 1.21. The first-order chi connectivity index (χ1) is 9.31. The molecule has 0 heterocycles. The summed E-state index contributed by atoms with van der Waals surface area (Å²) in [5.41, 5.74) is -1.60. The minimum Gasteiger partial charge on any atom is -0.344 e. The second kappa shape index (κ2) is 6.13. The van der Waals surface area contributed by atoms with E-state index in [1.54, 1.807) is 0 Å². The highest BCUT2D eigenvalue weighted by Gasteiger charge is 2.28. The van der Waals surface area contributed by atoms with Crippen molar-refractivity contribution in [3.05, 3.63) is 41.7 Å². The summed E-state index contributed by atoms with van der Waals surface area (Å²) >= 11 is 0. The molecule has 0 fully saturated rings. The van der Waals surface area contributed by atoms with Crippen molar-refractivity contribution < 1.29 is 31.5 Å². The summed E-state index contributed by atoms with van der Waals surface area (Å²) in [6.45, 7) is 3.11. The van der Waals surface area contributed by atoms with Crippen molar-refractivity contribution in [2.75, 3.05) is 11.9 Å². The molecule has 2 amide bonds. The molecule has 9 heteroatoms. The van der Waals surface area contributed by atoms with Crippen LogP contribution in [0.15, 0.2) is 12.7 Å². The molecular formula is C11H7F5N2O2. The van der Waals surface area contributed by atoms with E-state index in [-0.39, 0.29) is 6.54 Å². The molecule has 0 saturated carbocycles. The summed E-state index contributed by atoms with van der Waals surface area (Å²) in [5, 5.41) is 3.27. The number of rotatable bonds is 3. The molecule has 0 aliphatic carbocycles. The van der Waals surface area contributed by atoms with Crippen LogP contribution < -0.4 is 10.6 Å². The first-order valence-corrected chi connectivity index (χ1v) is 5.02. The molecule has 0 atom stereocenters. The Labute approximate surface area is 109 Å². The van der Waals surface area contributed by atoms with Gasteiger partial charge in [-0.1, -0.05) is 6.08 Å². The summed E-state index contributed by atoms with van der Waals surface area (Å²) in [5.74, 6) is -14.2. The minimum atomic E-state index is -2.37. The van der Waals surface area contributed by atoms with Gasteiger partial charge in [-0.2, -0.15) is 0 Å². The van der Waals surface area contributed by atoms with Crippen LogP contribution in [0.1, 0.15) is 0 Å². The van der Waals surface area contributed by atoms with E-state index < -0.39 is 46.6 Å². The molecule has 0 radical (unpaired) electrons. The highest BCUT2D eigenvalue weighted by Crippen LogP contribution is 2.26. The summed E-state index contributed by atoms with van der Waals surface area (Å²) < 4.78 is 64.8. The third-order valence-electron chi connectivity index (χ3n) is 2.06. The molecule has 0 bridgehead atoms. The van der Waals surface area contributed by atoms with E-state index in [0.29, 0.717) is 0 Å². The zero-order chi connectivity index (χ0) is 15.4. The van der Waals surface area contributed by atoms with Gasteiger partial charge in [0.1, 0.15) is 5.69 Å². The van der Waals surface area contributed by atoms with E-state index in [1.165, 1.54) is 11.4 Å². The molecule has 108 valence electrons. The lowest BCUT2D eigenvalue weighted by Gasteiger charge is -2.09. The van der Waals surface area contributed by atoms with Crippen LogP contribution in [0.2, 0.25) is 0 Å². The van der Waals surface area contributed by atoms with Gasteiger partial charge in [-0.05, 0) is 0 Å². The number of nitrogens with one attached hydrogen (secondary N) is 2. The fourth-order valence-electron chi connectivity index (χ4n) is 1.13. The van der Waals surface area contributed by atoms with Crippen LogP contribution in [0.4, 0.5) is 27.6 Å². The SMILES string of the molecule is C=CCNC(=O)C(=O)Nc1c(F)c(F)c(F)c(F)c1F. The van der Waals surface area contributed by atoms with Crippen LogP contribution in [0.25, 0.3) is 0 Å². The fourth-order valence-corrected chi connectivity index (χ4v) is 1.13. The normalized spacial score (nSPS) is 10.1. The third kappa shape index (κ3) is 2.92. The Balaban J connectivity index is 3.07. The maximum absolute atomic E-state index is 13.2. The van der Waals surface area contributed by atoms with Crippen molar-refractivity contribution in [3.8, 4) is 0 Å². The first kappa shape index (κ1) is 15.6. The molecular weight excluding hydrogens is 287 g/mol. The third-order valence-corrected chi connectivity index (χ3v) is 2.06. The number of hydrogen-bond acceptors (Lipinski definition) is 2. The molecule has 1 rings (SSSR count). The average molecular weight is 294 g/mol. The lowest BCUT2D eigenvalue weighted by Crippen LogP contribution is -2.36. The molecule has 1 aromatic carbocycles. The monoisotopic (exact) mass is 294 g/mol. The van der Waals surface area contributed by atoms with Crippen LogP contribution in [0.5, 0.6) is 0 Å². The Morgan fingerprint density at radius 3 is 1.80 bits per heavy atom. The van der Waals surface area contributed by atoms with Crippen molar-refractivity contribution in [3.63, 3.8) is 0 Å². The Kier molecular flexibility index (Phi) is 4.78. The van der Waals surface area contributed by atoms with Crippen LogP contribution in [0, 0.1) is 29.1 Å². The second-order valence-electron chi connectivity index (χ2n) is 3.40. The molecule has 20 heavy (non-hydrogen) atoms. The van der Waals surface area contributed by atoms with Gasteiger partial charge in [-0.3, -0.25) is 9.59 Å². The summed E-state index contributed by atoms with van der Waals surface area (Å²) in [7, 11) is 0. The van der Waals surface area contributed by atoms with Crippen molar-refractivity contribution in [2.24, 2.45) is 0 Å².